The fraction of sp³-hybridized carbons (Fsp3) is 0.545. The first kappa shape index (κ1) is 11.8. The lowest BCUT2D eigenvalue weighted by Gasteiger charge is -2.09. The zero-order chi connectivity index (χ0) is 11.3. The second kappa shape index (κ2) is 5.56. The van der Waals surface area contributed by atoms with Gasteiger partial charge in [-0.2, -0.15) is 0 Å². The van der Waals surface area contributed by atoms with Crippen LogP contribution in [0.4, 0.5) is 0 Å². The predicted molar refractivity (Wildman–Crippen MR) is 61.0 cm³/mol. The van der Waals surface area contributed by atoms with E-state index in [1.54, 1.807) is 12.3 Å². The maximum absolute atomic E-state index is 11.6. The van der Waals surface area contributed by atoms with E-state index in [-0.39, 0.29) is 5.91 Å². The third-order valence-electron chi connectivity index (χ3n) is 2.27. The zero-order valence-corrected chi connectivity index (χ0v) is 9.63. The van der Waals surface area contributed by atoms with Gasteiger partial charge >= 0.3 is 0 Å². The lowest BCUT2D eigenvalue weighted by Crippen LogP contribution is -2.27. The highest BCUT2D eigenvalue weighted by Gasteiger charge is 2.07. The number of nitrogens with one attached hydrogen (secondary N) is 2. The van der Waals surface area contributed by atoms with Gasteiger partial charge in [-0.25, -0.2) is 0 Å². The van der Waals surface area contributed by atoms with Gasteiger partial charge in [0.25, 0.3) is 5.91 Å². The molecule has 0 aromatic carbocycles. The van der Waals surface area contributed by atoms with E-state index in [0.29, 0.717) is 0 Å². The van der Waals surface area contributed by atoms with E-state index in [9.17, 15) is 4.79 Å². The molecule has 1 rings (SSSR count). The number of hydrogen-bond donors (Lipinski definition) is 2. The highest BCUT2D eigenvalue weighted by Crippen LogP contribution is 2.03. The van der Waals surface area contributed by atoms with Crippen molar-refractivity contribution in [2.45, 2.75) is 13.3 Å². The molecule has 0 saturated carbocycles. The Balaban J connectivity index is 2.28. The summed E-state index contributed by atoms with van der Waals surface area (Å²) in [7, 11) is 4.05. The molecule has 0 saturated heterocycles. The first-order valence-corrected chi connectivity index (χ1v) is 5.18. The number of nitrogens with zero attached hydrogens (tertiary/aromatic N) is 1. The van der Waals surface area contributed by atoms with E-state index >= 15 is 0 Å². The van der Waals surface area contributed by atoms with Crippen molar-refractivity contribution in [3.63, 3.8) is 0 Å². The summed E-state index contributed by atoms with van der Waals surface area (Å²) in [5, 5.41) is 2.90. The highest BCUT2D eigenvalue weighted by atomic mass is 16.1. The molecule has 15 heavy (non-hydrogen) atoms. The van der Waals surface area contributed by atoms with E-state index in [1.807, 2.05) is 21.0 Å². The van der Waals surface area contributed by atoms with Crippen LogP contribution in [0.2, 0.25) is 0 Å². The van der Waals surface area contributed by atoms with Crippen LogP contribution in [-0.2, 0) is 0 Å². The minimum absolute atomic E-state index is 0.00695. The molecule has 1 aromatic rings. The average Bonchev–Trinajstić information content (AvgIpc) is 2.58. The standard InChI is InChI=1S/C11H19N3O/c1-9-10(5-7-12-9)11(15)13-6-4-8-14(2)3/h5,7,12H,4,6,8H2,1-3H3,(H,13,15). The second-order valence-corrected chi connectivity index (χ2v) is 3.93. The van der Waals surface area contributed by atoms with E-state index < -0.39 is 0 Å². The van der Waals surface area contributed by atoms with Gasteiger partial charge in [-0.3, -0.25) is 4.79 Å². The molecule has 0 aliphatic carbocycles. The van der Waals surface area contributed by atoms with Crippen LogP contribution < -0.4 is 5.32 Å². The molecule has 0 radical (unpaired) electrons. The number of aryl methyl sites for hydroxylation is 1. The summed E-state index contributed by atoms with van der Waals surface area (Å²) < 4.78 is 0. The van der Waals surface area contributed by atoms with E-state index in [2.05, 4.69) is 15.2 Å². The molecule has 0 bridgehead atoms. The minimum Gasteiger partial charge on any atom is -0.365 e. The Morgan fingerprint density at radius 2 is 2.27 bits per heavy atom. The summed E-state index contributed by atoms with van der Waals surface area (Å²) in [6, 6.07) is 1.80. The number of hydrogen-bond acceptors (Lipinski definition) is 2. The van der Waals surface area contributed by atoms with Crippen LogP contribution in [0, 0.1) is 6.92 Å². The summed E-state index contributed by atoms with van der Waals surface area (Å²) in [5.41, 5.74) is 1.65. The molecule has 1 aromatic heterocycles. The third-order valence-corrected chi connectivity index (χ3v) is 2.27. The van der Waals surface area contributed by atoms with Crippen LogP contribution in [0.3, 0.4) is 0 Å². The molecule has 0 atom stereocenters. The molecule has 0 spiro atoms. The first-order chi connectivity index (χ1) is 7.11. The number of amides is 1. The van der Waals surface area contributed by atoms with Crippen LogP contribution >= 0.6 is 0 Å². The molecule has 1 amide bonds. The topological polar surface area (TPSA) is 48.1 Å². The molecule has 84 valence electrons. The largest absolute Gasteiger partial charge is 0.365 e. The van der Waals surface area contributed by atoms with Crippen LogP contribution in [-0.4, -0.2) is 43.0 Å². The van der Waals surface area contributed by atoms with Gasteiger partial charge in [-0.15, -0.1) is 0 Å². The van der Waals surface area contributed by atoms with Crippen molar-refractivity contribution in [3.05, 3.63) is 23.5 Å². The number of H-pyrrole nitrogens is 1. The quantitative estimate of drug-likeness (QED) is 0.711. The number of aromatic amines is 1. The Morgan fingerprint density at radius 1 is 1.53 bits per heavy atom. The summed E-state index contributed by atoms with van der Waals surface area (Å²) >= 11 is 0. The molecule has 1 heterocycles. The minimum atomic E-state index is 0.00695. The van der Waals surface area contributed by atoms with Crippen molar-refractivity contribution in [2.24, 2.45) is 0 Å². The van der Waals surface area contributed by atoms with Gasteiger partial charge in [0.15, 0.2) is 0 Å². The SMILES string of the molecule is Cc1[nH]ccc1C(=O)NCCCN(C)C. The smallest absolute Gasteiger partial charge is 0.253 e. The van der Waals surface area contributed by atoms with E-state index in [4.69, 9.17) is 0 Å². The Bertz CT molecular complexity index is 317. The fourth-order valence-corrected chi connectivity index (χ4v) is 1.39. The van der Waals surface area contributed by atoms with E-state index in [1.165, 1.54) is 0 Å². The van der Waals surface area contributed by atoms with Crippen molar-refractivity contribution < 1.29 is 4.79 Å². The summed E-state index contributed by atoms with van der Waals surface area (Å²) in [4.78, 5) is 16.7. The van der Waals surface area contributed by atoms with Crippen molar-refractivity contribution in [3.8, 4) is 0 Å². The number of aromatic nitrogens is 1. The van der Waals surface area contributed by atoms with Crippen LogP contribution in [0.1, 0.15) is 22.5 Å². The van der Waals surface area contributed by atoms with Gasteiger partial charge in [-0.1, -0.05) is 0 Å². The molecular formula is C11H19N3O. The third kappa shape index (κ3) is 3.75. The lowest BCUT2D eigenvalue weighted by atomic mass is 10.2. The molecule has 4 nitrogen and oxygen atoms in total. The molecule has 0 aliphatic heterocycles. The Morgan fingerprint density at radius 3 is 2.80 bits per heavy atom. The normalized spacial score (nSPS) is 10.7. The first-order valence-electron chi connectivity index (χ1n) is 5.18. The van der Waals surface area contributed by atoms with Crippen LogP contribution in [0.25, 0.3) is 0 Å². The Labute approximate surface area is 90.7 Å². The molecule has 0 fully saturated rings. The molecule has 0 unspecified atom stereocenters. The van der Waals surface area contributed by atoms with Gasteiger partial charge in [0, 0.05) is 18.4 Å². The maximum Gasteiger partial charge on any atom is 0.253 e. The summed E-state index contributed by atoms with van der Waals surface area (Å²) in [6.45, 7) is 3.61. The Hall–Kier alpha value is -1.29. The Kier molecular flexibility index (Phi) is 4.37. The number of rotatable bonds is 5. The van der Waals surface area contributed by atoms with Crippen LogP contribution in [0.15, 0.2) is 12.3 Å². The summed E-state index contributed by atoms with van der Waals surface area (Å²) in [6.07, 6.45) is 2.76. The van der Waals surface area contributed by atoms with E-state index in [0.717, 1.165) is 30.8 Å². The highest BCUT2D eigenvalue weighted by molar-refractivity contribution is 5.95. The maximum atomic E-state index is 11.6. The molecule has 4 heteroatoms. The van der Waals surface area contributed by atoms with Gasteiger partial charge in [0.1, 0.15) is 0 Å². The van der Waals surface area contributed by atoms with Crippen molar-refractivity contribution in [2.75, 3.05) is 27.2 Å². The van der Waals surface area contributed by atoms with Gasteiger partial charge in [0.05, 0.1) is 5.56 Å². The van der Waals surface area contributed by atoms with Crippen molar-refractivity contribution in [1.82, 2.24) is 15.2 Å². The number of carbonyl (C=O) groups is 1. The van der Waals surface area contributed by atoms with Crippen molar-refractivity contribution in [1.29, 1.82) is 0 Å². The predicted octanol–water partition coefficient (Wildman–Crippen LogP) is 1.00. The average molecular weight is 209 g/mol. The number of carbonyl (C=O) groups excluding carboxylic acids is 1. The lowest BCUT2D eigenvalue weighted by molar-refractivity contribution is 0.0952. The molecule has 0 aliphatic rings. The fourth-order valence-electron chi connectivity index (χ4n) is 1.39. The molecule has 2 N–H and O–H groups in total. The molecular weight excluding hydrogens is 190 g/mol. The van der Waals surface area contributed by atoms with Crippen molar-refractivity contribution >= 4 is 5.91 Å². The van der Waals surface area contributed by atoms with Gasteiger partial charge < -0.3 is 15.2 Å². The summed E-state index contributed by atoms with van der Waals surface area (Å²) in [5.74, 6) is 0.00695. The monoisotopic (exact) mass is 209 g/mol. The van der Waals surface area contributed by atoms with Gasteiger partial charge in [0.2, 0.25) is 0 Å². The zero-order valence-electron chi connectivity index (χ0n) is 9.63. The second-order valence-electron chi connectivity index (χ2n) is 3.93. The van der Waals surface area contributed by atoms with Crippen LogP contribution in [0.5, 0.6) is 0 Å². The van der Waals surface area contributed by atoms with Gasteiger partial charge in [-0.05, 0) is 40.1 Å².